The molecule has 0 unspecified atom stereocenters. The van der Waals surface area contributed by atoms with E-state index in [4.69, 9.17) is 16.7 Å². The summed E-state index contributed by atoms with van der Waals surface area (Å²) in [6.45, 7) is 5.36. The van der Waals surface area contributed by atoms with Gasteiger partial charge in [0.05, 0.1) is 26.9 Å². The van der Waals surface area contributed by atoms with Gasteiger partial charge in [-0.1, -0.05) is 68.6 Å². The van der Waals surface area contributed by atoms with Crippen LogP contribution in [-0.2, 0) is 34.1 Å². The normalized spacial score (nSPS) is 11.2. The van der Waals surface area contributed by atoms with Crippen LogP contribution in [0.3, 0.4) is 0 Å². The Morgan fingerprint density at radius 2 is 1.71 bits per heavy atom. The number of aryl methyl sites for hydroxylation is 2. The first-order valence-corrected chi connectivity index (χ1v) is 18.5. The molecule has 0 aliphatic carbocycles. The molecule has 1 heterocycles. The van der Waals surface area contributed by atoms with Gasteiger partial charge in [-0.15, -0.1) is 0 Å². The molecule has 52 heavy (non-hydrogen) atoms. The molecular formula is C39H36ClF2N5O4S. The van der Waals surface area contributed by atoms with E-state index in [-0.39, 0.29) is 39.6 Å². The van der Waals surface area contributed by atoms with E-state index >= 15 is 4.39 Å². The standard InChI is InChI=1S/C39H36ClF2N5O4S/c1-4-6-12-35-31(37(23-43)47(45-35)36-22-28(44-24(3)48)16-17-32(36)40)20-27-15-14-26(21-34(27)42)30-19-25(9-5-2)13-18-38(30)52(50,51)46-39(49)29-10-7-8-11-33(29)41/h7-8,10-11,13-19,21-22H,4-6,9,12,20H2,1-3H3,(H,44,48)(H,46,49). The molecule has 2 N–H and O–H groups in total. The number of nitriles is 1. The number of hydrogen-bond acceptors (Lipinski definition) is 6. The first-order chi connectivity index (χ1) is 24.9. The van der Waals surface area contributed by atoms with Crippen LogP contribution in [0, 0.1) is 23.0 Å². The average molecular weight is 744 g/mol. The van der Waals surface area contributed by atoms with Gasteiger partial charge in [0.1, 0.15) is 23.4 Å². The molecule has 0 bridgehead atoms. The molecule has 268 valence electrons. The zero-order chi connectivity index (χ0) is 37.6. The molecule has 0 saturated heterocycles. The molecule has 13 heteroatoms. The van der Waals surface area contributed by atoms with Crippen molar-refractivity contribution in [2.75, 3.05) is 5.32 Å². The van der Waals surface area contributed by atoms with Crippen molar-refractivity contribution in [1.29, 1.82) is 5.26 Å². The number of aromatic nitrogens is 2. The maximum Gasteiger partial charge on any atom is 0.267 e. The van der Waals surface area contributed by atoms with Crippen LogP contribution in [0.1, 0.15) is 78.5 Å². The Hall–Kier alpha value is -5.38. The number of sulfonamides is 1. The van der Waals surface area contributed by atoms with Gasteiger partial charge in [-0.2, -0.15) is 10.4 Å². The summed E-state index contributed by atoms with van der Waals surface area (Å²) in [5, 5.41) is 18.1. The van der Waals surface area contributed by atoms with Gasteiger partial charge in [-0.25, -0.2) is 26.6 Å². The van der Waals surface area contributed by atoms with Gasteiger partial charge in [0, 0.05) is 30.2 Å². The maximum absolute atomic E-state index is 16.1. The van der Waals surface area contributed by atoms with Crippen LogP contribution in [0.4, 0.5) is 14.5 Å². The van der Waals surface area contributed by atoms with Crippen molar-refractivity contribution in [3.63, 3.8) is 0 Å². The molecule has 0 aliphatic heterocycles. The Bertz CT molecular complexity index is 2320. The Morgan fingerprint density at radius 1 is 0.942 bits per heavy atom. The molecule has 0 aliphatic rings. The van der Waals surface area contributed by atoms with Gasteiger partial charge < -0.3 is 5.32 Å². The van der Waals surface area contributed by atoms with Crippen molar-refractivity contribution in [2.45, 2.75) is 64.2 Å². The van der Waals surface area contributed by atoms with Crippen molar-refractivity contribution >= 4 is 39.1 Å². The highest BCUT2D eigenvalue weighted by molar-refractivity contribution is 7.90. The molecule has 0 saturated carbocycles. The van der Waals surface area contributed by atoms with E-state index < -0.39 is 33.1 Å². The van der Waals surface area contributed by atoms with Crippen molar-refractivity contribution in [1.82, 2.24) is 14.5 Å². The van der Waals surface area contributed by atoms with E-state index in [1.807, 2.05) is 18.6 Å². The van der Waals surface area contributed by atoms with E-state index in [1.165, 1.54) is 48.0 Å². The second-order valence-electron chi connectivity index (χ2n) is 12.2. The quantitative estimate of drug-likeness (QED) is 0.125. The monoisotopic (exact) mass is 743 g/mol. The van der Waals surface area contributed by atoms with Crippen molar-refractivity contribution < 1.29 is 26.8 Å². The molecule has 4 aromatic carbocycles. The molecule has 1 aromatic heterocycles. The van der Waals surface area contributed by atoms with Crippen molar-refractivity contribution in [2.24, 2.45) is 0 Å². The van der Waals surface area contributed by atoms with Crippen LogP contribution < -0.4 is 10.0 Å². The minimum absolute atomic E-state index is 0.00319. The van der Waals surface area contributed by atoms with E-state index in [9.17, 15) is 27.7 Å². The zero-order valence-corrected chi connectivity index (χ0v) is 30.3. The maximum atomic E-state index is 16.1. The molecule has 5 aromatic rings. The SMILES string of the molecule is CCCCc1nn(-c2cc(NC(C)=O)ccc2Cl)c(C#N)c1Cc1ccc(-c2cc(CCC)ccc2S(=O)(=O)NC(=O)c2ccccc2F)cc1F. The number of anilines is 1. The Balaban J connectivity index is 1.55. The lowest BCUT2D eigenvalue weighted by atomic mass is 9.96. The summed E-state index contributed by atoms with van der Waals surface area (Å²) < 4.78 is 60.9. The summed E-state index contributed by atoms with van der Waals surface area (Å²) in [6.07, 6.45) is 3.50. The molecular weight excluding hydrogens is 708 g/mol. The number of nitrogens with zero attached hydrogens (tertiary/aromatic N) is 3. The minimum Gasteiger partial charge on any atom is -0.326 e. The van der Waals surface area contributed by atoms with E-state index in [1.54, 1.807) is 36.4 Å². The smallest absolute Gasteiger partial charge is 0.267 e. The van der Waals surface area contributed by atoms with Crippen molar-refractivity contribution in [3.05, 3.63) is 129 Å². The van der Waals surface area contributed by atoms with Crippen molar-refractivity contribution in [3.8, 4) is 22.9 Å². The number of carbonyl (C=O) groups is 2. The Kier molecular flexibility index (Phi) is 11.9. The molecule has 0 spiro atoms. The summed E-state index contributed by atoms with van der Waals surface area (Å²) in [6, 6.07) is 21.0. The lowest BCUT2D eigenvalue weighted by Gasteiger charge is -2.15. The summed E-state index contributed by atoms with van der Waals surface area (Å²) in [5.74, 6) is -2.96. The molecule has 9 nitrogen and oxygen atoms in total. The van der Waals surface area contributed by atoms with Crippen LogP contribution in [0.25, 0.3) is 16.8 Å². The second kappa shape index (κ2) is 16.3. The largest absolute Gasteiger partial charge is 0.326 e. The van der Waals surface area contributed by atoms with Crippen LogP contribution >= 0.6 is 11.6 Å². The first kappa shape index (κ1) is 37.9. The molecule has 0 radical (unpaired) electrons. The number of rotatable bonds is 13. The topological polar surface area (TPSA) is 134 Å². The fraction of sp³-hybridized carbons (Fsp3) is 0.231. The summed E-state index contributed by atoms with van der Waals surface area (Å²) in [4.78, 5) is 24.2. The molecule has 5 rings (SSSR count). The predicted molar refractivity (Wildman–Crippen MR) is 196 cm³/mol. The van der Waals surface area contributed by atoms with Crippen LogP contribution in [0.15, 0.2) is 83.8 Å². The number of carbonyl (C=O) groups excluding carboxylic acids is 2. The average Bonchev–Trinajstić information content (AvgIpc) is 3.45. The van der Waals surface area contributed by atoms with E-state index in [2.05, 4.69) is 11.4 Å². The summed E-state index contributed by atoms with van der Waals surface area (Å²) >= 11 is 6.54. The van der Waals surface area contributed by atoms with Crippen LogP contribution in [0.2, 0.25) is 5.02 Å². The third kappa shape index (κ3) is 8.39. The molecule has 0 fully saturated rings. The Morgan fingerprint density at radius 3 is 2.38 bits per heavy atom. The van der Waals surface area contributed by atoms with Gasteiger partial charge in [-0.05, 0) is 84.5 Å². The second-order valence-corrected chi connectivity index (χ2v) is 14.3. The number of benzene rings is 4. The third-order valence-electron chi connectivity index (χ3n) is 8.38. The summed E-state index contributed by atoms with van der Waals surface area (Å²) in [7, 11) is -4.54. The number of unbranched alkanes of at least 4 members (excludes halogenated alkanes) is 1. The highest BCUT2D eigenvalue weighted by atomic mass is 35.5. The zero-order valence-electron chi connectivity index (χ0n) is 28.8. The van der Waals surface area contributed by atoms with Crippen LogP contribution in [-0.4, -0.2) is 30.0 Å². The fourth-order valence-electron chi connectivity index (χ4n) is 5.88. The lowest BCUT2D eigenvalue weighted by molar-refractivity contribution is -0.114. The fourth-order valence-corrected chi connectivity index (χ4v) is 7.25. The number of nitrogens with one attached hydrogen (secondary N) is 2. The van der Waals surface area contributed by atoms with Gasteiger partial charge in [0.25, 0.3) is 15.9 Å². The summed E-state index contributed by atoms with van der Waals surface area (Å²) in [5.41, 5.74) is 3.07. The first-order valence-electron chi connectivity index (χ1n) is 16.7. The van der Waals surface area contributed by atoms with E-state index in [0.717, 1.165) is 30.9 Å². The van der Waals surface area contributed by atoms with Gasteiger partial charge in [-0.3, -0.25) is 9.59 Å². The highest BCUT2D eigenvalue weighted by Gasteiger charge is 2.26. The van der Waals surface area contributed by atoms with Gasteiger partial charge in [0.15, 0.2) is 0 Å². The Labute approximate surface area is 306 Å². The molecule has 2 amide bonds. The number of amides is 2. The van der Waals surface area contributed by atoms with Gasteiger partial charge >= 0.3 is 0 Å². The number of hydrogen-bond donors (Lipinski definition) is 2. The molecule has 0 atom stereocenters. The van der Waals surface area contributed by atoms with E-state index in [0.29, 0.717) is 40.5 Å². The van der Waals surface area contributed by atoms with Crippen LogP contribution in [0.5, 0.6) is 0 Å². The highest BCUT2D eigenvalue weighted by Crippen LogP contribution is 2.33. The number of halogens is 3. The van der Waals surface area contributed by atoms with Gasteiger partial charge in [0.2, 0.25) is 5.91 Å². The lowest BCUT2D eigenvalue weighted by Crippen LogP contribution is -2.31. The minimum atomic E-state index is -4.54. The predicted octanol–water partition coefficient (Wildman–Crippen LogP) is 8.31. The third-order valence-corrected chi connectivity index (χ3v) is 10.1.